The van der Waals surface area contributed by atoms with E-state index < -0.39 is 0 Å². The van der Waals surface area contributed by atoms with Crippen LogP contribution < -0.4 is 0 Å². The molecule has 4 nitrogen and oxygen atoms in total. The van der Waals surface area contributed by atoms with Crippen molar-refractivity contribution in [1.82, 2.24) is 9.80 Å². The number of esters is 1. The molecule has 3 rings (SSSR count). The molecular weight excluding hydrogens is 360 g/mol. The Balaban J connectivity index is 1.63. The lowest BCUT2D eigenvalue weighted by atomic mass is 9.92. The summed E-state index contributed by atoms with van der Waals surface area (Å²) in [4.78, 5) is 17.2. The number of hydrogen-bond acceptors (Lipinski definition) is 4. The fourth-order valence-electron chi connectivity index (χ4n) is 3.80. The summed E-state index contributed by atoms with van der Waals surface area (Å²) >= 11 is 0. The molecule has 0 radical (unpaired) electrons. The van der Waals surface area contributed by atoms with Gasteiger partial charge in [0, 0.05) is 32.7 Å². The van der Waals surface area contributed by atoms with Crippen LogP contribution in [0.15, 0.2) is 60.7 Å². The first kappa shape index (κ1) is 21.5. The van der Waals surface area contributed by atoms with Gasteiger partial charge in [-0.1, -0.05) is 81.4 Å². The molecule has 1 heterocycles. The van der Waals surface area contributed by atoms with Crippen molar-refractivity contribution in [2.45, 2.75) is 46.3 Å². The highest BCUT2D eigenvalue weighted by Gasteiger charge is 2.28. The quantitative estimate of drug-likeness (QED) is 0.654. The second-order valence-corrected chi connectivity index (χ2v) is 9.25. The highest BCUT2D eigenvalue weighted by atomic mass is 16.5. The predicted molar refractivity (Wildman–Crippen MR) is 117 cm³/mol. The standard InChI is InChI=1S/C25H34N2O2/c1-25(2,3)16-24(28)29-20-23-19-26(17-21-10-6-4-7-11-21)14-15-27(23)18-22-12-8-5-9-13-22/h4-13,23H,14-20H2,1-3H3. The molecular formula is C25H34N2O2. The third-order valence-electron chi connectivity index (χ3n) is 5.28. The summed E-state index contributed by atoms with van der Waals surface area (Å²) < 4.78 is 5.72. The minimum Gasteiger partial charge on any atom is -0.464 e. The average Bonchev–Trinajstić information content (AvgIpc) is 2.68. The summed E-state index contributed by atoms with van der Waals surface area (Å²) in [5.41, 5.74) is 2.58. The van der Waals surface area contributed by atoms with Crippen LogP contribution in [0.2, 0.25) is 0 Å². The van der Waals surface area contributed by atoms with Gasteiger partial charge >= 0.3 is 5.97 Å². The molecule has 2 aromatic rings. The first-order valence-corrected chi connectivity index (χ1v) is 10.6. The smallest absolute Gasteiger partial charge is 0.306 e. The van der Waals surface area contributed by atoms with Gasteiger partial charge in [-0.2, -0.15) is 0 Å². The lowest BCUT2D eigenvalue weighted by Gasteiger charge is -2.41. The van der Waals surface area contributed by atoms with E-state index in [0.29, 0.717) is 13.0 Å². The number of rotatable bonds is 7. The van der Waals surface area contributed by atoms with E-state index in [4.69, 9.17) is 4.74 Å². The Morgan fingerprint density at radius 3 is 2.10 bits per heavy atom. The van der Waals surface area contributed by atoms with Crippen molar-refractivity contribution in [3.05, 3.63) is 71.8 Å². The van der Waals surface area contributed by atoms with E-state index >= 15 is 0 Å². The molecule has 0 bridgehead atoms. The third kappa shape index (κ3) is 7.30. The Bertz CT molecular complexity index is 755. The Kier molecular flexibility index (Phi) is 7.45. The first-order chi connectivity index (χ1) is 13.9. The maximum atomic E-state index is 12.3. The highest BCUT2D eigenvalue weighted by Crippen LogP contribution is 2.20. The minimum atomic E-state index is -0.0997. The Labute approximate surface area is 175 Å². The first-order valence-electron chi connectivity index (χ1n) is 10.6. The Morgan fingerprint density at radius 1 is 0.931 bits per heavy atom. The van der Waals surface area contributed by atoms with Crippen LogP contribution in [0.3, 0.4) is 0 Å². The van der Waals surface area contributed by atoms with E-state index in [0.717, 1.165) is 32.7 Å². The number of nitrogens with zero attached hydrogens (tertiary/aromatic N) is 2. The largest absolute Gasteiger partial charge is 0.464 e. The summed E-state index contributed by atoms with van der Waals surface area (Å²) in [7, 11) is 0. The van der Waals surface area contributed by atoms with Gasteiger partial charge < -0.3 is 4.74 Å². The van der Waals surface area contributed by atoms with Crippen LogP contribution in [0.1, 0.15) is 38.3 Å². The molecule has 1 fully saturated rings. The maximum absolute atomic E-state index is 12.3. The van der Waals surface area contributed by atoms with Gasteiger partial charge in [0.25, 0.3) is 0 Å². The molecule has 1 atom stereocenters. The van der Waals surface area contributed by atoms with Crippen molar-refractivity contribution >= 4 is 5.97 Å². The molecule has 0 saturated carbocycles. The molecule has 0 spiro atoms. The zero-order valence-corrected chi connectivity index (χ0v) is 18.0. The highest BCUT2D eigenvalue weighted by molar-refractivity contribution is 5.70. The summed E-state index contributed by atoms with van der Waals surface area (Å²) in [6, 6.07) is 21.3. The topological polar surface area (TPSA) is 32.8 Å². The van der Waals surface area contributed by atoms with E-state index in [1.165, 1.54) is 11.1 Å². The van der Waals surface area contributed by atoms with Gasteiger partial charge in [-0.25, -0.2) is 0 Å². The van der Waals surface area contributed by atoms with Crippen molar-refractivity contribution in [3.63, 3.8) is 0 Å². The second-order valence-electron chi connectivity index (χ2n) is 9.25. The van der Waals surface area contributed by atoms with E-state index in [1.807, 2.05) is 6.07 Å². The summed E-state index contributed by atoms with van der Waals surface area (Å²) in [5.74, 6) is -0.0997. The Morgan fingerprint density at radius 2 is 1.52 bits per heavy atom. The maximum Gasteiger partial charge on any atom is 0.306 e. The molecule has 29 heavy (non-hydrogen) atoms. The zero-order valence-electron chi connectivity index (χ0n) is 18.0. The van der Waals surface area contributed by atoms with Crippen LogP contribution in [0, 0.1) is 5.41 Å². The molecule has 1 saturated heterocycles. The van der Waals surface area contributed by atoms with E-state index in [1.54, 1.807) is 0 Å². The van der Waals surface area contributed by atoms with E-state index in [9.17, 15) is 4.79 Å². The van der Waals surface area contributed by atoms with Crippen LogP contribution in [-0.4, -0.2) is 48.1 Å². The molecule has 4 heteroatoms. The molecule has 0 amide bonds. The zero-order chi connectivity index (χ0) is 20.7. The van der Waals surface area contributed by atoms with Gasteiger partial charge in [-0.05, 0) is 16.5 Å². The fourth-order valence-corrected chi connectivity index (χ4v) is 3.80. The second kappa shape index (κ2) is 10.0. The van der Waals surface area contributed by atoms with E-state index in [-0.39, 0.29) is 17.4 Å². The van der Waals surface area contributed by atoms with Gasteiger partial charge in [-0.15, -0.1) is 0 Å². The molecule has 0 aromatic heterocycles. The van der Waals surface area contributed by atoms with Gasteiger partial charge in [-0.3, -0.25) is 14.6 Å². The van der Waals surface area contributed by atoms with Gasteiger partial charge in [0.05, 0.1) is 12.5 Å². The van der Waals surface area contributed by atoms with Crippen molar-refractivity contribution in [3.8, 4) is 0 Å². The summed E-state index contributed by atoms with van der Waals surface area (Å²) in [5, 5.41) is 0. The van der Waals surface area contributed by atoms with Crippen molar-refractivity contribution in [1.29, 1.82) is 0 Å². The predicted octanol–water partition coefficient (Wildman–Crippen LogP) is 4.35. The molecule has 0 N–H and O–H groups in total. The van der Waals surface area contributed by atoms with Crippen molar-refractivity contribution in [2.75, 3.05) is 26.2 Å². The number of piperazine rings is 1. The number of carbonyl (C=O) groups excluding carboxylic acids is 1. The number of carbonyl (C=O) groups is 1. The molecule has 1 aliphatic rings. The lowest BCUT2D eigenvalue weighted by Crippen LogP contribution is -2.54. The van der Waals surface area contributed by atoms with Crippen LogP contribution in [0.25, 0.3) is 0 Å². The minimum absolute atomic E-state index is 0.0489. The molecule has 0 aliphatic carbocycles. The van der Waals surface area contributed by atoms with Crippen molar-refractivity contribution in [2.24, 2.45) is 5.41 Å². The third-order valence-corrected chi connectivity index (χ3v) is 5.28. The number of ether oxygens (including phenoxy) is 1. The van der Waals surface area contributed by atoms with Crippen LogP contribution in [-0.2, 0) is 22.6 Å². The van der Waals surface area contributed by atoms with Crippen LogP contribution in [0.4, 0.5) is 0 Å². The summed E-state index contributed by atoms with van der Waals surface area (Å²) in [6.45, 7) is 11.4. The van der Waals surface area contributed by atoms with Crippen molar-refractivity contribution < 1.29 is 9.53 Å². The Hall–Kier alpha value is -2.17. The normalized spacial score (nSPS) is 18.5. The SMILES string of the molecule is CC(C)(C)CC(=O)OCC1CN(Cc2ccccc2)CCN1Cc1ccccc1. The van der Waals surface area contributed by atoms with E-state index in [2.05, 4.69) is 85.2 Å². The van der Waals surface area contributed by atoms with Crippen LogP contribution in [0.5, 0.6) is 0 Å². The monoisotopic (exact) mass is 394 g/mol. The van der Waals surface area contributed by atoms with Gasteiger partial charge in [0.1, 0.15) is 6.61 Å². The van der Waals surface area contributed by atoms with Gasteiger partial charge in [0.2, 0.25) is 0 Å². The number of benzene rings is 2. The molecule has 156 valence electrons. The fraction of sp³-hybridized carbons (Fsp3) is 0.480. The molecule has 1 unspecified atom stereocenters. The molecule has 1 aliphatic heterocycles. The average molecular weight is 395 g/mol. The summed E-state index contributed by atoms with van der Waals surface area (Å²) in [6.07, 6.45) is 0.451. The van der Waals surface area contributed by atoms with Crippen LogP contribution >= 0.6 is 0 Å². The number of hydrogen-bond donors (Lipinski definition) is 0. The lowest BCUT2D eigenvalue weighted by molar-refractivity contribution is -0.148. The molecule has 2 aromatic carbocycles. The van der Waals surface area contributed by atoms with Gasteiger partial charge in [0.15, 0.2) is 0 Å².